The molecule has 0 spiro atoms. The summed E-state index contributed by atoms with van der Waals surface area (Å²) in [5, 5.41) is 0.930. The van der Waals surface area contributed by atoms with E-state index in [4.69, 9.17) is 0 Å². The monoisotopic (exact) mass is 414 g/mol. The van der Waals surface area contributed by atoms with E-state index >= 15 is 0 Å². The van der Waals surface area contributed by atoms with Gasteiger partial charge in [0.1, 0.15) is 5.75 Å². The van der Waals surface area contributed by atoms with Crippen molar-refractivity contribution < 1.29 is 22.7 Å². The standard InChI is InChI=1S/C23H21F3N2O2/c1-2-28-10-8-15(9-11-28)20-14-27-21-7-6-17(13-19(20)21)22(29)16-4-3-5-18(12-16)30-23(24,25)26/h3-8,12-14,27H,2,9-11H2,1H3. The number of rotatable bonds is 5. The molecule has 2 aromatic carbocycles. The molecular weight excluding hydrogens is 393 g/mol. The van der Waals surface area contributed by atoms with E-state index in [1.165, 1.54) is 23.8 Å². The van der Waals surface area contributed by atoms with E-state index < -0.39 is 12.1 Å². The van der Waals surface area contributed by atoms with E-state index in [0.29, 0.717) is 5.56 Å². The number of carbonyl (C=O) groups excluding carboxylic acids is 1. The number of halogens is 3. The average molecular weight is 414 g/mol. The van der Waals surface area contributed by atoms with Crippen LogP contribution >= 0.6 is 0 Å². The number of alkyl halides is 3. The van der Waals surface area contributed by atoms with Crippen molar-refractivity contribution in [2.45, 2.75) is 19.7 Å². The summed E-state index contributed by atoms with van der Waals surface area (Å²) in [6, 6.07) is 10.4. The fourth-order valence-electron chi connectivity index (χ4n) is 3.77. The molecule has 0 atom stereocenters. The molecule has 7 heteroatoms. The largest absolute Gasteiger partial charge is 0.573 e. The van der Waals surface area contributed by atoms with Crippen LogP contribution in [-0.2, 0) is 0 Å². The maximum absolute atomic E-state index is 12.9. The van der Waals surface area contributed by atoms with Crippen LogP contribution in [0.3, 0.4) is 0 Å². The van der Waals surface area contributed by atoms with Crippen LogP contribution in [0.15, 0.2) is 54.7 Å². The summed E-state index contributed by atoms with van der Waals surface area (Å²) in [5.41, 5.74) is 3.76. The van der Waals surface area contributed by atoms with E-state index in [9.17, 15) is 18.0 Å². The number of ketones is 1. The van der Waals surface area contributed by atoms with Gasteiger partial charge in [0.05, 0.1) is 0 Å². The Kier molecular flexibility index (Phi) is 5.39. The predicted molar refractivity (Wildman–Crippen MR) is 110 cm³/mol. The van der Waals surface area contributed by atoms with E-state index in [2.05, 4.69) is 27.6 Å². The number of nitrogens with one attached hydrogen (secondary N) is 1. The van der Waals surface area contributed by atoms with Crippen LogP contribution < -0.4 is 4.74 Å². The molecule has 0 unspecified atom stereocenters. The molecule has 2 heterocycles. The van der Waals surface area contributed by atoms with Gasteiger partial charge in [0.2, 0.25) is 0 Å². The number of aromatic amines is 1. The van der Waals surface area contributed by atoms with Crippen molar-refractivity contribution in [1.29, 1.82) is 0 Å². The van der Waals surface area contributed by atoms with Gasteiger partial charge in [0.25, 0.3) is 0 Å². The van der Waals surface area contributed by atoms with Crippen molar-refractivity contribution in [1.82, 2.24) is 9.88 Å². The molecule has 0 radical (unpaired) electrons. The molecule has 1 aromatic heterocycles. The number of likely N-dealkylation sites (N-methyl/N-ethyl adjacent to an activating group) is 1. The van der Waals surface area contributed by atoms with Gasteiger partial charge in [-0.15, -0.1) is 13.2 Å². The summed E-state index contributed by atoms with van der Waals surface area (Å²) >= 11 is 0. The molecule has 0 amide bonds. The molecule has 1 aliphatic heterocycles. The van der Waals surface area contributed by atoms with Gasteiger partial charge in [-0.2, -0.15) is 0 Å². The first-order valence-electron chi connectivity index (χ1n) is 9.77. The highest BCUT2D eigenvalue weighted by atomic mass is 19.4. The van der Waals surface area contributed by atoms with Gasteiger partial charge in [-0.25, -0.2) is 0 Å². The zero-order chi connectivity index (χ0) is 21.3. The Morgan fingerprint density at radius 1 is 1.17 bits per heavy atom. The number of hydrogen-bond donors (Lipinski definition) is 1. The third kappa shape index (κ3) is 4.26. The zero-order valence-corrected chi connectivity index (χ0v) is 16.4. The fourth-order valence-corrected chi connectivity index (χ4v) is 3.77. The van der Waals surface area contributed by atoms with Gasteiger partial charge >= 0.3 is 6.36 Å². The van der Waals surface area contributed by atoms with Crippen molar-refractivity contribution in [3.63, 3.8) is 0 Å². The number of hydrogen-bond acceptors (Lipinski definition) is 3. The van der Waals surface area contributed by atoms with Gasteiger partial charge in [-0.1, -0.05) is 25.1 Å². The molecule has 0 saturated carbocycles. The number of carbonyl (C=O) groups is 1. The summed E-state index contributed by atoms with van der Waals surface area (Å²) in [4.78, 5) is 18.5. The maximum Gasteiger partial charge on any atom is 0.573 e. The van der Waals surface area contributed by atoms with Crippen LogP contribution in [0.1, 0.15) is 34.8 Å². The predicted octanol–water partition coefficient (Wildman–Crippen LogP) is 5.41. The minimum absolute atomic E-state index is 0.142. The minimum Gasteiger partial charge on any atom is -0.406 e. The van der Waals surface area contributed by atoms with E-state index in [0.717, 1.165) is 48.6 Å². The Bertz CT molecular complexity index is 1120. The molecule has 156 valence electrons. The number of fused-ring (bicyclic) bond motifs is 1. The molecule has 1 aliphatic rings. The van der Waals surface area contributed by atoms with E-state index in [1.807, 2.05) is 12.3 Å². The third-order valence-electron chi connectivity index (χ3n) is 5.36. The molecule has 0 aliphatic carbocycles. The Balaban J connectivity index is 1.65. The summed E-state index contributed by atoms with van der Waals surface area (Å²) in [6.07, 6.45) is 0.281. The Morgan fingerprint density at radius 2 is 1.97 bits per heavy atom. The number of H-pyrrole nitrogens is 1. The molecule has 1 N–H and O–H groups in total. The Hall–Kier alpha value is -3.06. The van der Waals surface area contributed by atoms with E-state index in [-0.39, 0.29) is 11.3 Å². The molecule has 0 fully saturated rings. The van der Waals surface area contributed by atoms with Crippen molar-refractivity contribution in [2.75, 3.05) is 19.6 Å². The summed E-state index contributed by atoms with van der Waals surface area (Å²) in [7, 11) is 0. The van der Waals surface area contributed by atoms with Crippen molar-refractivity contribution in [3.05, 3.63) is 71.4 Å². The first-order valence-corrected chi connectivity index (χ1v) is 9.77. The molecule has 4 rings (SSSR count). The van der Waals surface area contributed by atoms with Crippen LogP contribution in [-0.4, -0.2) is 41.7 Å². The lowest BCUT2D eigenvalue weighted by Gasteiger charge is -2.24. The fraction of sp³-hybridized carbons (Fsp3) is 0.261. The first kappa shape index (κ1) is 20.2. The second-order valence-electron chi connectivity index (χ2n) is 7.24. The van der Waals surface area contributed by atoms with Crippen LogP contribution in [0.5, 0.6) is 5.75 Å². The van der Waals surface area contributed by atoms with Crippen LogP contribution in [0.25, 0.3) is 16.5 Å². The second-order valence-corrected chi connectivity index (χ2v) is 7.24. The van der Waals surface area contributed by atoms with Crippen molar-refractivity contribution in [2.24, 2.45) is 0 Å². The highest BCUT2D eigenvalue weighted by Gasteiger charge is 2.31. The lowest BCUT2D eigenvalue weighted by Crippen LogP contribution is -2.27. The number of ether oxygens (including phenoxy) is 1. The highest BCUT2D eigenvalue weighted by molar-refractivity contribution is 6.11. The molecule has 4 nitrogen and oxygen atoms in total. The topological polar surface area (TPSA) is 45.3 Å². The van der Waals surface area contributed by atoms with Crippen molar-refractivity contribution in [3.8, 4) is 5.75 Å². The number of aromatic nitrogens is 1. The SMILES string of the molecule is CCN1CC=C(c2c[nH]c3ccc(C(=O)c4cccc(OC(F)(F)F)c4)cc23)CC1. The van der Waals surface area contributed by atoms with Crippen molar-refractivity contribution >= 4 is 22.3 Å². The Morgan fingerprint density at radius 3 is 2.67 bits per heavy atom. The lowest BCUT2D eigenvalue weighted by atomic mass is 9.96. The van der Waals surface area contributed by atoms with Gasteiger partial charge in [-0.05, 0) is 48.9 Å². The van der Waals surface area contributed by atoms with Crippen LogP contribution in [0.2, 0.25) is 0 Å². The first-order chi connectivity index (χ1) is 14.3. The highest BCUT2D eigenvalue weighted by Crippen LogP contribution is 2.31. The number of benzene rings is 2. The summed E-state index contributed by atoms with van der Waals surface area (Å²) in [6.45, 7) is 5.02. The normalized spacial score (nSPS) is 15.3. The smallest absolute Gasteiger partial charge is 0.406 e. The van der Waals surface area contributed by atoms with Gasteiger partial charge in [-0.3, -0.25) is 9.69 Å². The summed E-state index contributed by atoms with van der Waals surface area (Å²) < 4.78 is 41.4. The number of nitrogens with zero attached hydrogens (tertiary/aromatic N) is 1. The molecule has 0 bridgehead atoms. The maximum atomic E-state index is 12.9. The molecule has 0 saturated heterocycles. The van der Waals surface area contributed by atoms with E-state index in [1.54, 1.807) is 12.1 Å². The third-order valence-corrected chi connectivity index (χ3v) is 5.36. The quantitative estimate of drug-likeness (QED) is 0.568. The average Bonchev–Trinajstić information content (AvgIpc) is 3.15. The molecule has 30 heavy (non-hydrogen) atoms. The van der Waals surface area contributed by atoms with Crippen LogP contribution in [0, 0.1) is 0 Å². The molecular formula is C23H21F3N2O2. The minimum atomic E-state index is -4.80. The van der Waals surface area contributed by atoms with Gasteiger partial charge in [0, 0.05) is 46.9 Å². The van der Waals surface area contributed by atoms with Gasteiger partial charge in [0.15, 0.2) is 5.78 Å². The van der Waals surface area contributed by atoms with Crippen LogP contribution in [0.4, 0.5) is 13.2 Å². The Labute approximate surface area is 171 Å². The van der Waals surface area contributed by atoms with Gasteiger partial charge < -0.3 is 9.72 Å². The zero-order valence-electron chi connectivity index (χ0n) is 16.4. The summed E-state index contributed by atoms with van der Waals surface area (Å²) in [5.74, 6) is -0.768. The molecule has 3 aromatic rings. The lowest BCUT2D eigenvalue weighted by molar-refractivity contribution is -0.274. The second kappa shape index (κ2) is 7.99.